The summed E-state index contributed by atoms with van der Waals surface area (Å²) in [6.07, 6.45) is -0.0259. The summed E-state index contributed by atoms with van der Waals surface area (Å²) in [6, 6.07) is 7.49. The lowest BCUT2D eigenvalue weighted by molar-refractivity contribution is 0.0919. The quantitative estimate of drug-likeness (QED) is 0.780. The smallest absolute Gasteiger partial charge is 0.135 e. The van der Waals surface area contributed by atoms with E-state index in [4.69, 9.17) is 14.6 Å². The molecule has 0 saturated heterocycles. The minimum Gasteiger partial charge on any atom is -0.487 e. The largest absolute Gasteiger partial charge is 0.487 e. The Balaban J connectivity index is 2.78. The molecule has 16 heavy (non-hydrogen) atoms. The van der Waals surface area contributed by atoms with Crippen LogP contribution in [0.3, 0.4) is 0 Å². The first-order valence-electron chi connectivity index (χ1n) is 5.12. The van der Waals surface area contributed by atoms with Crippen molar-refractivity contribution in [1.29, 1.82) is 0 Å². The molecule has 3 nitrogen and oxygen atoms in total. The summed E-state index contributed by atoms with van der Waals surface area (Å²) in [6.45, 7) is 2.31. The molecular formula is C13H16O3. The fraction of sp³-hybridized carbons (Fsp3) is 0.385. The van der Waals surface area contributed by atoms with Gasteiger partial charge in [-0.15, -0.1) is 0 Å². The summed E-state index contributed by atoms with van der Waals surface area (Å²) in [7, 11) is 1.64. The number of hydrogen-bond donors (Lipinski definition) is 1. The zero-order valence-electron chi connectivity index (χ0n) is 9.56. The van der Waals surface area contributed by atoms with Crippen molar-refractivity contribution in [2.45, 2.75) is 13.0 Å². The zero-order chi connectivity index (χ0) is 11.8. The Morgan fingerprint density at radius 1 is 1.38 bits per heavy atom. The van der Waals surface area contributed by atoms with E-state index in [2.05, 4.69) is 11.8 Å². The number of ether oxygens (including phenoxy) is 2. The van der Waals surface area contributed by atoms with E-state index in [-0.39, 0.29) is 12.7 Å². The van der Waals surface area contributed by atoms with Crippen molar-refractivity contribution in [3.63, 3.8) is 0 Å². The van der Waals surface area contributed by atoms with Crippen LogP contribution in [-0.4, -0.2) is 31.5 Å². The Bertz CT molecular complexity index is 376. The van der Waals surface area contributed by atoms with Crippen LogP contribution in [0.1, 0.15) is 12.5 Å². The number of rotatable bonds is 4. The van der Waals surface area contributed by atoms with E-state index in [0.29, 0.717) is 12.4 Å². The minimum absolute atomic E-state index is 0.0259. The molecule has 0 heterocycles. The molecule has 0 aromatic heterocycles. The number of aliphatic hydroxyl groups excluding tert-OH is 1. The SMILES string of the molecule is COCC(C)Oc1ccccc1C#CCO. The third-order valence-corrected chi connectivity index (χ3v) is 1.92. The van der Waals surface area contributed by atoms with Crippen LogP contribution in [-0.2, 0) is 4.74 Å². The fourth-order valence-corrected chi connectivity index (χ4v) is 1.29. The first kappa shape index (κ1) is 12.6. The molecule has 0 saturated carbocycles. The zero-order valence-corrected chi connectivity index (χ0v) is 9.56. The van der Waals surface area contributed by atoms with Gasteiger partial charge in [0.1, 0.15) is 18.5 Å². The Morgan fingerprint density at radius 3 is 2.81 bits per heavy atom. The van der Waals surface area contributed by atoms with E-state index < -0.39 is 0 Å². The van der Waals surface area contributed by atoms with E-state index in [1.165, 1.54) is 0 Å². The number of methoxy groups -OCH3 is 1. The second-order valence-electron chi connectivity index (χ2n) is 3.34. The molecular weight excluding hydrogens is 204 g/mol. The molecule has 0 aliphatic heterocycles. The van der Waals surface area contributed by atoms with E-state index >= 15 is 0 Å². The average molecular weight is 220 g/mol. The van der Waals surface area contributed by atoms with Gasteiger partial charge in [-0.25, -0.2) is 0 Å². The molecule has 0 aliphatic rings. The predicted octanol–water partition coefficient (Wildman–Crippen LogP) is 1.44. The molecule has 1 atom stereocenters. The van der Waals surface area contributed by atoms with Gasteiger partial charge in [0.2, 0.25) is 0 Å². The van der Waals surface area contributed by atoms with Crippen molar-refractivity contribution >= 4 is 0 Å². The van der Waals surface area contributed by atoms with Gasteiger partial charge in [-0.3, -0.25) is 0 Å². The van der Waals surface area contributed by atoms with Crippen molar-refractivity contribution < 1.29 is 14.6 Å². The van der Waals surface area contributed by atoms with E-state index in [1.54, 1.807) is 7.11 Å². The molecule has 0 radical (unpaired) electrons. The molecule has 86 valence electrons. The van der Waals surface area contributed by atoms with E-state index in [0.717, 1.165) is 5.56 Å². The lowest BCUT2D eigenvalue weighted by Gasteiger charge is -2.14. The Morgan fingerprint density at radius 2 is 2.12 bits per heavy atom. The van der Waals surface area contributed by atoms with Gasteiger partial charge in [0.25, 0.3) is 0 Å². The number of aliphatic hydroxyl groups is 1. The van der Waals surface area contributed by atoms with Crippen LogP contribution < -0.4 is 4.74 Å². The Labute approximate surface area is 96.0 Å². The molecule has 0 aliphatic carbocycles. The van der Waals surface area contributed by atoms with Gasteiger partial charge >= 0.3 is 0 Å². The maximum Gasteiger partial charge on any atom is 0.135 e. The van der Waals surface area contributed by atoms with Crippen molar-refractivity contribution in [2.24, 2.45) is 0 Å². The second kappa shape index (κ2) is 6.89. The lowest BCUT2D eigenvalue weighted by atomic mass is 10.2. The molecule has 1 N–H and O–H groups in total. The molecule has 3 heteroatoms. The number of hydrogen-bond acceptors (Lipinski definition) is 3. The number of para-hydroxylation sites is 1. The molecule has 0 bridgehead atoms. The predicted molar refractivity (Wildman–Crippen MR) is 62.4 cm³/mol. The highest BCUT2D eigenvalue weighted by Gasteiger charge is 2.05. The van der Waals surface area contributed by atoms with Crippen LogP contribution in [0.5, 0.6) is 5.75 Å². The number of benzene rings is 1. The summed E-state index contributed by atoms with van der Waals surface area (Å²) >= 11 is 0. The normalized spacial score (nSPS) is 11.4. The van der Waals surface area contributed by atoms with Gasteiger partial charge in [-0.05, 0) is 19.1 Å². The van der Waals surface area contributed by atoms with Crippen LogP contribution >= 0.6 is 0 Å². The van der Waals surface area contributed by atoms with Crippen molar-refractivity contribution in [1.82, 2.24) is 0 Å². The molecule has 0 amide bonds. The lowest BCUT2D eigenvalue weighted by Crippen LogP contribution is -2.18. The molecule has 1 rings (SSSR count). The summed E-state index contributed by atoms with van der Waals surface area (Å²) < 4.78 is 10.7. The highest BCUT2D eigenvalue weighted by atomic mass is 16.5. The fourth-order valence-electron chi connectivity index (χ4n) is 1.29. The molecule has 0 fully saturated rings. The maximum absolute atomic E-state index is 8.65. The summed E-state index contributed by atoms with van der Waals surface area (Å²) in [5.74, 6) is 6.16. The average Bonchev–Trinajstić information content (AvgIpc) is 2.28. The van der Waals surface area contributed by atoms with Crippen LogP contribution in [0.4, 0.5) is 0 Å². The van der Waals surface area contributed by atoms with Gasteiger partial charge in [0.05, 0.1) is 12.2 Å². The molecule has 1 aromatic carbocycles. The Hall–Kier alpha value is -1.50. The monoisotopic (exact) mass is 220 g/mol. The van der Waals surface area contributed by atoms with Crippen LogP contribution in [0.25, 0.3) is 0 Å². The van der Waals surface area contributed by atoms with Crippen molar-refractivity contribution in [3.05, 3.63) is 29.8 Å². The molecule has 0 spiro atoms. The highest BCUT2D eigenvalue weighted by Crippen LogP contribution is 2.18. The van der Waals surface area contributed by atoms with Gasteiger partial charge < -0.3 is 14.6 Å². The third-order valence-electron chi connectivity index (χ3n) is 1.92. The van der Waals surface area contributed by atoms with E-state index in [1.807, 2.05) is 31.2 Å². The Kier molecular flexibility index (Phi) is 5.41. The summed E-state index contributed by atoms with van der Waals surface area (Å²) in [5.41, 5.74) is 0.777. The van der Waals surface area contributed by atoms with Crippen LogP contribution in [0, 0.1) is 11.8 Å². The summed E-state index contributed by atoms with van der Waals surface area (Å²) in [4.78, 5) is 0. The van der Waals surface area contributed by atoms with Crippen molar-refractivity contribution in [2.75, 3.05) is 20.3 Å². The standard InChI is InChI=1S/C13H16O3/c1-11(10-15-2)16-13-8-4-3-6-12(13)7-5-9-14/h3-4,6,8,11,14H,9-10H2,1-2H3. The van der Waals surface area contributed by atoms with Gasteiger partial charge in [-0.1, -0.05) is 24.0 Å². The molecule has 1 aromatic rings. The second-order valence-corrected chi connectivity index (χ2v) is 3.34. The minimum atomic E-state index is -0.151. The molecule has 1 unspecified atom stereocenters. The first-order chi connectivity index (χ1) is 7.77. The van der Waals surface area contributed by atoms with Gasteiger partial charge in [0, 0.05) is 7.11 Å². The van der Waals surface area contributed by atoms with E-state index in [9.17, 15) is 0 Å². The highest BCUT2D eigenvalue weighted by molar-refractivity contribution is 5.45. The summed E-state index contributed by atoms with van der Waals surface area (Å²) in [5, 5.41) is 8.65. The van der Waals surface area contributed by atoms with Gasteiger partial charge in [-0.2, -0.15) is 0 Å². The third kappa shape index (κ3) is 3.93. The first-order valence-corrected chi connectivity index (χ1v) is 5.12. The van der Waals surface area contributed by atoms with Crippen LogP contribution in [0.15, 0.2) is 24.3 Å². The topological polar surface area (TPSA) is 38.7 Å². The van der Waals surface area contributed by atoms with Gasteiger partial charge in [0.15, 0.2) is 0 Å². The maximum atomic E-state index is 8.65. The van der Waals surface area contributed by atoms with Crippen LogP contribution in [0.2, 0.25) is 0 Å². The van der Waals surface area contributed by atoms with Crippen molar-refractivity contribution in [3.8, 4) is 17.6 Å².